The molecule has 0 heterocycles. The predicted molar refractivity (Wildman–Crippen MR) is 66.5 cm³/mol. The number of hydrogen-bond donors (Lipinski definition) is 0. The van der Waals surface area contributed by atoms with Crippen LogP contribution in [0.15, 0.2) is 0 Å². The van der Waals surface area contributed by atoms with Gasteiger partial charge in [-0.15, -0.1) is 0 Å². The van der Waals surface area contributed by atoms with Gasteiger partial charge in [-0.25, -0.2) is 0 Å². The van der Waals surface area contributed by atoms with E-state index in [9.17, 15) is 4.57 Å². The highest BCUT2D eigenvalue weighted by atomic mass is 31.1. The summed E-state index contributed by atoms with van der Waals surface area (Å²) in [5, 5.41) is 34.0. The molecule has 0 fully saturated rings. The molecule has 10 heteroatoms. The first kappa shape index (κ1) is 18.0. The van der Waals surface area contributed by atoms with Crippen molar-refractivity contribution in [2.24, 2.45) is 0 Å². The Labute approximate surface area is 117 Å². The van der Waals surface area contributed by atoms with Crippen molar-refractivity contribution in [3.8, 4) is 24.3 Å². The summed E-state index contributed by atoms with van der Waals surface area (Å²) in [7, 11) is -2.82. The van der Waals surface area contributed by atoms with E-state index in [1.807, 2.05) is 24.3 Å². The van der Waals surface area contributed by atoms with E-state index in [1.54, 1.807) is 0 Å². The van der Waals surface area contributed by atoms with Gasteiger partial charge in [-0.1, -0.05) is 0 Å². The van der Waals surface area contributed by atoms with E-state index in [4.69, 9.17) is 30.1 Å². The summed E-state index contributed by atoms with van der Waals surface area (Å²) in [6.07, 6.45) is 0. The minimum absolute atomic E-state index is 0.0301. The van der Waals surface area contributed by atoms with Crippen LogP contribution in [0.1, 0.15) is 0 Å². The summed E-state index contributed by atoms with van der Waals surface area (Å²) in [6.45, 7) is -0.463. The molecule has 0 aromatic carbocycles. The lowest BCUT2D eigenvalue weighted by Crippen LogP contribution is -2.27. The molecule has 0 N–H and O–H groups in total. The van der Waals surface area contributed by atoms with Gasteiger partial charge >= 0.3 is 8.25 Å². The first-order valence-electron chi connectivity index (χ1n) is 5.40. The van der Waals surface area contributed by atoms with Crippen LogP contribution in [0, 0.1) is 45.3 Å². The molecule has 0 spiro atoms. The molecule has 0 aliphatic heterocycles. The topological polar surface area (TPSA) is 137 Å². The normalized spacial score (nSPS) is 9.95. The van der Waals surface area contributed by atoms with Gasteiger partial charge in [0.05, 0.1) is 50.5 Å². The maximum Gasteiger partial charge on any atom is 0.321 e. The van der Waals surface area contributed by atoms with Crippen molar-refractivity contribution in [2.45, 2.75) is 0 Å². The molecule has 0 aromatic rings. The van der Waals surface area contributed by atoms with Crippen LogP contribution in [0.25, 0.3) is 0 Å². The largest absolute Gasteiger partial charge is 0.321 e. The van der Waals surface area contributed by atoms with Crippen LogP contribution in [-0.2, 0) is 13.6 Å². The number of rotatable bonds is 10. The molecule has 0 unspecified atom stereocenters. The van der Waals surface area contributed by atoms with Crippen LogP contribution < -0.4 is 0 Å². The highest BCUT2D eigenvalue weighted by Gasteiger charge is 2.09. The first-order valence-corrected chi connectivity index (χ1v) is 6.62. The second-order valence-electron chi connectivity index (χ2n) is 3.40. The second kappa shape index (κ2) is 12.1. The molecule has 0 radical (unpaired) electrons. The van der Waals surface area contributed by atoms with Gasteiger partial charge < -0.3 is 0 Å². The Morgan fingerprint density at radius 1 is 0.750 bits per heavy atom. The lowest BCUT2D eigenvalue weighted by molar-refractivity contribution is 0.101. The molecule has 0 saturated carbocycles. The fraction of sp³-hybridized carbons (Fsp3) is 0.600. The molecule has 0 atom stereocenters. The Morgan fingerprint density at radius 2 is 1.05 bits per heavy atom. The summed E-state index contributed by atoms with van der Waals surface area (Å²) in [5.74, 6) is 0. The zero-order chi connectivity index (χ0) is 15.2. The zero-order valence-corrected chi connectivity index (χ0v) is 11.7. The third-order valence-electron chi connectivity index (χ3n) is 1.91. The van der Waals surface area contributed by atoms with E-state index in [0.29, 0.717) is 0 Å². The van der Waals surface area contributed by atoms with Crippen LogP contribution in [0.3, 0.4) is 0 Å². The van der Waals surface area contributed by atoms with Crippen molar-refractivity contribution in [1.82, 2.24) is 9.80 Å². The highest BCUT2D eigenvalue weighted by molar-refractivity contribution is 7.33. The molecule has 0 saturated heterocycles. The van der Waals surface area contributed by atoms with Crippen LogP contribution in [0.4, 0.5) is 0 Å². The quantitative estimate of drug-likeness (QED) is 0.310. The van der Waals surface area contributed by atoms with E-state index < -0.39 is 8.25 Å². The molecular weight excluding hydrogens is 283 g/mol. The van der Waals surface area contributed by atoms with Gasteiger partial charge in [0.2, 0.25) is 0 Å². The number of nitrogens with zero attached hydrogens (tertiary/aromatic N) is 6. The molecule has 0 bridgehead atoms. The van der Waals surface area contributed by atoms with Crippen LogP contribution >= 0.6 is 8.25 Å². The summed E-state index contributed by atoms with van der Waals surface area (Å²) in [4.78, 5) is 2.68. The van der Waals surface area contributed by atoms with Crippen molar-refractivity contribution in [3.63, 3.8) is 0 Å². The minimum atomic E-state index is -2.82. The molecule has 0 aliphatic carbocycles. The Hall–Kier alpha value is -1.97. The van der Waals surface area contributed by atoms with Crippen LogP contribution in [0.5, 0.6) is 0 Å². The average molecular weight is 296 g/mol. The van der Waals surface area contributed by atoms with Gasteiger partial charge in [-0.05, 0) is 0 Å². The number of nitriles is 4. The van der Waals surface area contributed by atoms with E-state index in [1.165, 1.54) is 9.80 Å². The average Bonchev–Trinajstić information content (AvgIpc) is 2.43. The lowest BCUT2D eigenvalue weighted by Gasteiger charge is -2.17. The standard InChI is InChI=1S/C10H13N6O3P/c11-1-5-15(6-2-12)9-18-20(17)19-10-16(7-3-13)8-4-14/h20H,5-10H2. The molecule has 9 nitrogen and oxygen atoms in total. The third-order valence-corrected chi connectivity index (χ3v) is 2.64. The third kappa shape index (κ3) is 9.03. The van der Waals surface area contributed by atoms with Crippen molar-refractivity contribution in [2.75, 3.05) is 39.6 Å². The van der Waals surface area contributed by atoms with Gasteiger partial charge in [-0.3, -0.25) is 23.4 Å². The summed E-state index contributed by atoms with van der Waals surface area (Å²) >= 11 is 0. The minimum Gasteiger partial charge on any atom is -0.295 e. The van der Waals surface area contributed by atoms with Gasteiger partial charge in [0, 0.05) is 0 Å². The van der Waals surface area contributed by atoms with Gasteiger partial charge in [-0.2, -0.15) is 21.0 Å². The van der Waals surface area contributed by atoms with Crippen molar-refractivity contribution in [1.29, 1.82) is 21.0 Å². The smallest absolute Gasteiger partial charge is 0.295 e. The van der Waals surface area contributed by atoms with Gasteiger partial charge in [0.1, 0.15) is 13.5 Å². The lowest BCUT2D eigenvalue weighted by atomic mass is 10.5. The van der Waals surface area contributed by atoms with Gasteiger partial charge in [0.25, 0.3) is 0 Å². The molecule has 0 aliphatic rings. The van der Waals surface area contributed by atoms with Crippen LogP contribution in [-0.4, -0.2) is 49.4 Å². The summed E-state index contributed by atoms with van der Waals surface area (Å²) in [6, 6.07) is 7.37. The maximum absolute atomic E-state index is 11.4. The van der Waals surface area contributed by atoms with E-state index in [0.717, 1.165) is 0 Å². The van der Waals surface area contributed by atoms with Gasteiger partial charge in [0.15, 0.2) is 0 Å². The van der Waals surface area contributed by atoms with Crippen molar-refractivity contribution in [3.05, 3.63) is 0 Å². The molecule has 0 amide bonds. The molecule has 106 valence electrons. The predicted octanol–water partition coefficient (Wildman–Crippen LogP) is 0.0226. The molecule has 0 rings (SSSR count). The van der Waals surface area contributed by atoms with E-state index in [2.05, 4.69) is 0 Å². The number of hydrogen-bond acceptors (Lipinski definition) is 9. The summed E-state index contributed by atoms with van der Waals surface area (Å²) < 4.78 is 21.2. The Kier molecular flexibility index (Phi) is 10.9. The fourth-order valence-electron chi connectivity index (χ4n) is 1.02. The Morgan fingerprint density at radius 3 is 1.30 bits per heavy atom. The van der Waals surface area contributed by atoms with Crippen molar-refractivity contribution >= 4 is 8.25 Å². The first-order chi connectivity index (χ1) is 9.67. The fourth-order valence-corrected chi connectivity index (χ4v) is 1.68. The molecule has 20 heavy (non-hydrogen) atoms. The Bertz CT molecular complexity index is 397. The molecular formula is C10H13N6O3P. The highest BCUT2D eigenvalue weighted by Crippen LogP contribution is 2.23. The second-order valence-corrected chi connectivity index (χ2v) is 4.48. The van der Waals surface area contributed by atoms with Crippen LogP contribution in [0.2, 0.25) is 0 Å². The maximum atomic E-state index is 11.4. The van der Waals surface area contributed by atoms with E-state index in [-0.39, 0.29) is 39.6 Å². The zero-order valence-electron chi connectivity index (χ0n) is 10.7. The SMILES string of the molecule is N#CCN(CC#N)CO[PH](=O)OCN(CC#N)CC#N. The van der Waals surface area contributed by atoms with Crippen molar-refractivity contribution < 1.29 is 13.6 Å². The van der Waals surface area contributed by atoms with E-state index >= 15 is 0 Å². The summed E-state index contributed by atoms with van der Waals surface area (Å²) in [5.41, 5.74) is 0. The molecule has 0 aromatic heterocycles. The Balaban J connectivity index is 4.04. The monoisotopic (exact) mass is 296 g/mol.